The van der Waals surface area contributed by atoms with E-state index in [-0.39, 0.29) is 0 Å². The second-order valence-corrected chi connectivity index (χ2v) is 6.05. The summed E-state index contributed by atoms with van der Waals surface area (Å²) in [5.41, 5.74) is 2.22. The molecule has 1 saturated heterocycles. The fraction of sp³-hybridized carbons (Fsp3) is 0.471. The number of likely N-dealkylation sites (N-methyl/N-ethyl adjacent to an activating group) is 1. The third-order valence-electron chi connectivity index (χ3n) is 4.16. The van der Waals surface area contributed by atoms with Crippen LogP contribution in [0.5, 0.6) is 0 Å². The molecule has 3 rings (SSSR count). The number of piperazine rings is 1. The minimum Gasteiger partial charge on any atom is -0.383 e. The summed E-state index contributed by atoms with van der Waals surface area (Å²) in [6, 6.07) is 8.40. The van der Waals surface area contributed by atoms with Gasteiger partial charge in [-0.3, -0.25) is 0 Å². The van der Waals surface area contributed by atoms with E-state index in [1.165, 1.54) is 5.69 Å². The molecule has 8 heteroatoms. The summed E-state index contributed by atoms with van der Waals surface area (Å²) in [4.78, 5) is 9.16. The van der Waals surface area contributed by atoms with Gasteiger partial charge in [0.15, 0.2) is 5.82 Å². The average Bonchev–Trinajstić information content (AvgIpc) is 2.64. The van der Waals surface area contributed by atoms with Crippen molar-refractivity contribution in [1.82, 2.24) is 20.1 Å². The van der Waals surface area contributed by atoms with Crippen molar-refractivity contribution in [3.8, 4) is 0 Å². The molecule has 0 atom stereocenters. The molecule has 8 nitrogen and oxygen atoms in total. The zero-order valence-electron chi connectivity index (χ0n) is 14.8. The second kappa shape index (κ2) is 8.59. The summed E-state index contributed by atoms with van der Waals surface area (Å²) in [5, 5.41) is 14.2. The van der Waals surface area contributed by atoms with Crippen LogP contribution in [0.25, 0.3) is 0 Å². The van der Waals surface area contributed by atoms with Crippen LogP contribution in [0.4, 0.5) is 23.1 Å². The predicted octanol–water partition coefficient (Wildman–Crippen LogP) is 1.43. The number of rotatable bonds is 7. The summed E-state index contributed by atoms with van der Waals surface area (Å²) in [6.07, 6.45) is 1.61. The first-order valence-electron chi connectivity index (χ1n) is 8.48. The minimum absolute atomic E-state index is 0.483. The first-order chi connectivity index (χ1) is 12.2. The van der Waals surface area contributed by atoms with Crippen LogP contribution < -0.4 is 15.5 Å². The van der Waals surface area contributed by atoms with Crippen molar-refractivity contribution < 1.29 is 4.74 Å². The molecule has 134 valence electrons. The maximum atomic E-state index is 5.00. The number of methoxy groups -OCH3 is 1. The van der Waals surface area contributed by atoms with Gasteiger partial charge in [-0.1, -0.05) is 0 Å². The zero-order valence-corrected chi connectivity index (χ0v) is 14.8. The normalized spacial score (nSPS) is 15.2. The lowest BCUT2D eigenvalue weighted by atomic mass is 10.2. The van der Waals surface area contributed by atoms with Gasteiger partial charge in [-0.15, -0.1) is 5.10 Å². The number of hydrogen-bond acceptors (Lipinski definition) is 8. The van der Waals surface area contributed by atoms with Crippen LogP contribution in [-0.4, -0.2) is 73.6 Å². The Bertz CT molecular complexity index is 656. The van der Waals surface area contributed by atoms with E-state index in [4.69, 9.17) is 4.74 Å². The molecule has 0 saturated carbocycles. The van der Waals surface area contributed by atoms with Crippen molar-refractivity contribution in [2.75, 3.05) is 69.0 Å². The highest BCUT2D eigenvalue weighted by atomic mass is 16.5. The van der Waals surface area contributed by atoms with Crippen LogP contribution in [0.2, 0.25) is 0 Å². The lowest BCUT2D eigenvalue weighted by Gasteiger charge is -2.34. The molecule has 2 heterocycles. The third kappa shape index (κ3) is 5.01. The van der Waals surface area contributed by atoms with E-state index < -0.39 is 0 Å². The van der Waals surface area contributed by atoms with E-state index in [0.717, 1.165) is 31.9 Å². The van der Waals surface area contributed by atoms with Gasteiger partial charge in [0.1, 0.15) is 0 Å². The quantitative estimate of drug-likeness (QED) is 0.731. The molecule has 0 radical (unpaired) electrons. The van der Waals surface area contributed by atoms with Crippen LogP contribution in [0.1, 0.15) is 0 Å². The molecule has 1 aromatic heterocycles. The van der Waals surface area contributed by atoms with Crippen molar-refractivity contribution >= 4 is 23.1 Å². The summed E-state index contributed by atoms with van der Waals surface area (Å²) in [5.74, 6) is 1.14. The number of anilines is 4. The van der Waals surface area contributed by atoms with E-state index in [9.17, 15) is 0 Å². The van der Waals surface area contributed by atoms with Gasteiger partial charge >= 0.3 is 0 Å². The van der Waals surface area contributed by atoms with Gasteiger partial charge in [0.05, 0.1) is 12.8 Å². The highest BCUT2D eigenvalue weighted by Gasteiger charge is 2.13. The molecule has 1 fully saturated rings. The van der Waals surface area contributed by atoms with Gasteiger partial charge in [0.25, 0.3) is 0 Å². The molecule has 1 aromatic carbocycles. The van der Waals surface area contributed by atoms with Crippen LogP contribution in [0.3, 0.4) is 0 Å². The van der Waals surface area contributed by atoms with E-state index in [1.807, 2.05) is 0 Å². The minimum atomic E-state index is 0.483. The standard InChI is InChI=1S/C17H25N7O/c1-23-8-10-24(11-9-23)15-5-3-14(4-6-15)20-16-13-19-22-17(21-16)18-7-12-25-2/h3-6,13H,7-12H2,1-2H3,(H2,18,20,21,22). The van der Waals surface area contributed by atoms with Gasteiger partial charge in [-0.25, -0.2) is 0 Å². The Hall–Kier alpha value is -2.45. The van der Waals surface area contributed by atoms with Crippen molar-refractivity contribution in [1.29, 1.82) is 0 Å². The summed E-state index contributed by atoms with van der Waals surface area (Å²) >= 11 is 0. The molecule has 1 aliphatic rings. The van der Waals surface area contributed by atoms with E-state index in [2.05, 4.69) is 66.9 Å². The summed E-state index contributed by atoms with van der Waals surface area (Å²) in [6.45, 7) is 5.57. The molecule has 2 N–H and O–H groups in total. The number of benzene rings is 1. The first kappa shape index (κ1) is 17.4. The monoisotopic (exact) mass is 343 g/mol. The third-order valence-corrected chi connectivity index (χ3v) is 4.16. The molecule has 0 bridgehead atoms. The number of ether oxygens (including phenoxy) is 1. The Morgan fingerprint density at radius 2 is 1.88 bits per heavy atom. The molecular weight excluding hydrogens is 318 g/mol. The Morgan fingerprint density at radius 1 is 1.12 bits per heavy atom. The van der Waals surface area contributed by atoms with E-state index >= 15 is 0 Å². The number of nitrogens with one attached hydrogen (secondary N) is 2. The van der Waals surface area contributed by atoms with Gasteiger partial charge < -0.3 is 25.2 Å². The Labute approximate surface area is 148 Å². The number of aromatic nitrogens is 3. The molecule has 0 spiro atoms. The smallest absolute Gasteiger partial charge is 0.244 e. The molecule has 25 heavy (non-hydrogen) atoms. The molecular formula is C17H25N7O. The van der Waals surface area contributed by atoms with Gasteiger partial charge in [0.2, 0.25) is 5.95 Å². The molecule has 0 amide bonds. The van der Waals surface area contributed by atoms with Crippen LogP contribution >= 0.6 is 0 Å². The Morgan fingerprint density at radius 3 is 2.60 bits per heavy atom. The maximum Gasteiger partial charge on any atom is 0.244 e. The average molecular weight is 343 g/mol. The van der Waals surface area contributed by atoms with Gasteiger partial charge in [-0.2, -0.15) is 10.1 Å². The second-order valence-electron chi connectivity index (χ2n) is 6.05. The predicted molar refractivity (Wildman–Crippen MR) is 99.6 cm³/mol. The largest absolute Gasteiger partial charge is 0.383 e. The first-order valence-corrected chi connectivity index (χ1v) is 8.48. The van der Waals surface area contributed by atoms with E-state index in [0.29, 0.717) is 24.9 Å². The highest BCUT2D eigenvalue weighted by Crippen LogP contribution is 2.21. The molecule has 0 unspecified atom stereocenters. The van der Waals surface area contributed by atoms with Gasteiger partial charge in [0, 0.05) is 51.2 Å². The lowest BCUT2D eigenvalue weighted by Crippen LogP contribution is -2.44. The van der Waals surface area contributed by atoms with Crippen molar-refractivity contribution in [2.24, 2.45) is 0 Å². The fourth-order valence-corrected chi connectivity index (χ4v) is 2.67. The Balaban J connectivity index is 1.58. The highest BCUT2D eigenvalue weighted by molar-refractivity contribution is 5.61. The number of nitrogens with zero attached hydrogens (tertiary/aromatic N) is 5. The zero-order chi connectivity index (χ0) is 17.5. The van der Waals surface area contributed by atoms with Crippen LogP contribution in [0, 0.1) is 0 Å². The molecule has 1 aliphatic heterocycles. The fourth-order valence-electron chi connectivity index (χ4n) is 2.67. The molecule has 2 aromatic rings. The summed E-state index contributed by atoms with van der Waals surface area (Å²) in [7, 11) is 3.82. The van der Waals surface area contributed by atoms with Gasteiger partial charge in [-0.05, 0) is 31.3 Å². The molecule has 0 aliphatic carbocycles. The van der Waals surface area contributed by atoms with Crippen molar-refractivity contribution in [3.63, 3.8) is 0 Å². The van der Waals surface area contributed by atoms with Crippen LogP contribution in [-0.2, 0) is 4.74 Å². The lowest BCUT2D eigenvalue weighted by molar-refractivity contribution is 0.210. The SMILES string of the molecule is COCCNc1nncc(Nc2ccc(N3CCN(C)CC3)cc2)n1. The number of hydrogen-bond donors (Lipinski definition) is 2. The van der Waals surface area contributed by atoms with Crippen molar-refractivity contribution in [3.05, 3.63) is 30.5 Å². The maximum absolute atomic E-state index is 5.00. The Kier molecular flexibility index (Phi) is 5.97. The van der Waals surface area contributed by atoms with E-state index in [1.54, 1.807) is 13.3 Å². The topological polar surface area (TPSA) is 78.4 Å². The van der Waals surface area contributed by atoms with Crippen molar-refractivity contribution in [2.45, 2.75) is 0 Å². The summed E-state index contributed by atoms with van der Waals surface area (Å²) < 4.78 is 5.00. The van der Waals surface area contributed by atoms with Crippen LogP contribution in [0.15, 0.2) is 30.5 Å².